The van der Waals surface area contributed by atoms with Gasteiger partial charge in [-0.3, -0.25) is 4.79 Å². The fourth-order valence-electron chi connectivity index (χ4n) is 2.82. The second-order valence-corrected chi connectivity index (χ2v) is 6.64. The van der Waals surface area contributed by atoms with Crippen LogP contribution < -0.4 is 19.7 Å². The number of nitrogens with zero attached hydrogens (tertiary/aromatic N) is 1. The molecule has 2 aromatic rings. The highest BCUT2D eigenvalue weighted by Gasteiger charge is 2.18. The van der Waals surface area contributed by atoms with E-state index in [9.17, 15) is 4.79 Å². The summed E-state index contributed by atoms with van der Waals surface area (Å²) >= 11 is 3.41. The van der Waals surface area contributed by atoms with Crippen molar-refractivity contribution in [3.8, 4) is 11.5 Å². The van der Waals surface area contributed by atoms with Crippen LogP contribution in [0.2, 0.25) is 0 Å². The Morgan fingerprint density at radius 3 is 2.54 bits per heavy atom. The fourth-order valence-corrected chi connectivity index (χ4v) is 3.37. The lowest BCUT2D eigenvalue weighted by molar-refractivity contribution is 0.102. The molecule has 0 radical (unpaired) electrons. The molecule has 0 spiro atoms. The third-order valence-electron chi connectivity index (χ3n) is 4.22. The number of hydrogen-bond acceptors (Lipinski definition) is 5. The quantitative estimate of drug-likeness (QED) is 0.800. The summed E-state index contributed by atoms with van der Waals surface area (Å²) in [6.45, 7) is 2.91. The van der Waals surface area contributed by atoms with E-state index in [2.05, 4.69) is 26.1 Å². The summed E-state index contributed by atoms with van der Waals surface area (Å²) in [5.41, 5.74) is 2.20. The van der Waals surface area contributed by atoms with E-state index in [0.29, 0.717) is 36.0 Å². The Balaban J connectivity index is 1.87. The largest absolute Gasteiger partial charge is 0.497 e. The van der Waals surface area contributed by atoms with Crippen LogP contribution in [0, 0.1) is 0 Å². The molecule has 1 saturated heterocycles. The first-order valence-electron chi connectivity index (χ1n) is 8.28. The summed E-state index contributed by atoms with van der Waals surface area (Å²) in [5, 5.41) is 3.00. The number of carbonyl (C=O) groups is 1. The molecule has 1 aliphatic heterocycles. The van der Waals surface area contributed by atoms with E-state index in [1.54, 1.807) is 32.4 Å². The number of hydrogen-bond donors (Lipinski definition) is 1. The summed E-state index contributed by atoms with van der Waals surface area (Å²) < 4.78 is 16.7. The lowest BCUT2D eigenvalue weighted by Crippen LogP contribution is -2.36. The van der Waals surface area contributed by atoms with Crippen molar-refractivity contribution in [1.29, 1.82) is 0 Å². The topological polar surface area (TPSA) is 60.0 Å². The molecule has 2 aromatic carbocycles. The summed E-state index contributed by atoms with van der Waals surface area (Å²) in [7, 11) is 3.20. The van der Waals surface area contributed by atoms with Gasteiger partial charge in [-0.15, -0.1) is 0 Å². The molecule has 1 heterocycles. The van der Waals surface area contributed by atoms with Crippen LogP contribution in [-0.4, -0.2) is 46.4 Å². The zero-order valence-electron chi connectivity index (χ0n) is 14.8. The van der Waals surface area contributed by atoms with Gasteiger partial charge in [0.2, 0.25) is 0 Å². The van der Waals surface area contributed by atoms with Gasteiger partial charge < -0.3 is 24.4 Å². The van der Waals surface area contributed by atoms with Crippen molar-refractivity contribution in [3.05, 3.63) is 46.4 Å². The smallest absolute Gasteiger partial charge is 0.255 e. The predicted molar refractivity (Wildman–Crippen MR) is 105 cm³/mol. The molecule has 1 amide bonds. The van der Waals surface area contributed by atoms with Crippen LogP contribution in [0.25, 0.3) is 0 Å². The molecule has 0 atom stereocenters. The first-order valence-corrected chi connectivity index (χ1v) is 9.07. The number of halogens is 1. The van der Waals surface area contributed by atoms with Crippen LogP contribution in [0.3, 0.4) is 0 Å². The standard InChI is InChI=1S/C19H21BrN2O4/c1-24-14-4-5-17(22-7-9-26-10-8-22)16(12-14)21-19(23)13-3-6-18(25-2)15(20)11-13/h3-6,11-12H,7-10H2,1-2H3,(H,21,23). The molecule has 6 nitrogen and oxygen atoms in total. The molecule has 26 heavy (non-hydrogen) atoms. The number of ether oxygens (including phenoxy) is 3. The van der Waals surface area contributed by atoms with Gasteiger partial charge in [-0.2, -0.15) is 0 Å². The number of morpholine rings is 1. The lowest BCUT2D eigenvalue weighted by Gasteiger charge is -2.30. The van der Waals surface area contributed by atoms with Gasteiger partial charge in [0.1, 0.15) is 11.5 Å². The highest BCUT2D eigenvalue weighted by molar-refractivity contribution is 9.10. The van der Waals surface area contributed by atoms with Gasteiger partial charge in [0.15, 0.2) is 0 Å². The third-order valence-corrected chi connectivity index (χ3v) is 4.84. The Morgan fingerprint density at radius 1 is 1.12 bits per heavy atom. The van der Waals surface area contributed by atoms with Crippen molar-refractivity contribution in [3.63, 3.8) is 0 Å². The molecule has 0 saturated carbocycles. The van der Waals surface area contributed by atoms with Crippen LogP contribution in [0.4, 0.5) is 11.4 Å². The van der Waals surface area contributed by atoms with Crippen molar-refractivity contribution in [2.24, 2.45) is 0 Å². The first-order chi connectivity index (χ1) is 12.6. The number of benzene rings is 2. The molecule has 138 valence electrons. The number of amides is 1. The van der Waals surface area contributed by atoms with Crippen LogP contribution in [0.15, 0.2) is 40.9 Å². The third kappa shape index (κ3) is 4.11. The maximum Gasteiger partial charge on any atom is 0.255 e. The van der Waals surface area contributed by atoms with E-state index < -0.39 is 0 Å². The average molecular weight is 421 g/mol. The molecule has 1 fully saturated rings. The Morgan fingerprint density at radius 2 is 1.88 bits per heavy atom. The van der Waals surface area contributed by atoms with Crippen LogP contribution in [0.5, 0.6) is 11.5 Å². The van der Waals surface area contributed by atoms with Gasteiger partial charge in [-0.05, 0) is 46.3 Å². The van der Waals surface area contributed by atoms with Crippen LogP contribution >= 0.6 is 15.9 Å². The molecule has 3 rings (SSSR count). The maximum atomic E-state index is 12.7. The predicted octanol–water partition coefficient (Wildman–Crippen LogP) is 3.56. The minimum Gasteiger partial charge on any atom is -0.497 e. The minimum atomic E-state index is -0.198. The molecular formula is C19H21BrN2O4. The van der Waals surface area contributed by atoms with E-state index in [1.165, 1.54) is 0 Å². The number of carbonyl (C=O) groups excluding carboxylic acids is 1. The Kier molecular flexibility index (Phi) is 6.00. The van der Waals surface area contributed by atoms with Gasteiger partial charge in [0.25, 0.3) is 5.91 Å². The second kappa shape index (κ2) is 8.42. The van der Waals surface area contributed by atoms with E-state index in [0.717, 1.165) is 23.2 Å². The Labute approximate surface area is 161 Å². The van der Waals surface area contributed by atoms with Crippen LogP contribution in [-0.2, 0) is 4.74 Å². The zero-order valence-corrected chi connectivity index (χ0v) is 16.3. The molecule has 1 aliphatic rings. The van der Waals surface area contributed by atoms with Crippen molar-refractivity contribution in [2.75, 3.05) is 50.7 Å². The van der Waals surface area contributed by atoms with E-state index in [1.807, 2.05) is 18.2 Å². The van der Waals surface area contributed by atoms with Crippen molar-refractivity contribution in [1.82, 2.24) is 0 Å². The molecule has 0 bridgehead atoms. The summed E-state index contributed by atoms with van der Waals surface area (Å²) in [6, 6.07) is 10.9. The minimum absolute atomic E-state index is 0.198. The Hall–Kier alpha value is -2.25. The lowest BCUT2D eigenvalue weighted by atomic mass is 10.1. The highest BCUT2D eigenvalue weighted by atomic mass is 79.9. The summed E-state index contributed by atoms with van der Waals surface area (Å²) in [5.74, 6) is 1.17. The number of rotatable bonds is 5. The first kappa shape index (κ1) is 18.5. The normalized spacial score (nSPS) is 14.0. The molecule has 0 aliphatic carbocycles. The maximum absolute atomic E-state index is 12.7. The van der Waals surface area contributed by atoms with Crippen molar-refractivity contribution < 1.29 is 19.0 Å². The van der Waals surface area contributed by atoms with Gasteiger partial charge in [-0.25, -0.2) is 0 Å². The molecular weight excluding hydrogens is 400 g/mol. The van der Waals surface area contributed by atoms with Crippen molar-refractivity contribution >= 4 is 33.2 Å². The number of methoxy groups -OCH3 is 2. The van der Waals surface area contributed by atoms with Gasteiger partial charge in [0.05, 0.1) is 43.3 Å². The monoisotopic (exact) mass is 420 g/mol. The molecule has 0 unspecified atom stereocenters. The molecule has 7 heteroatoms. The summed E-state index contributed by atoms with van der Waals surface area (Å²) in [4.78, 5) is 14.9. The highest BCUT2D eigenvalue weighted by Crippen LogP contribution is 2.32. The Bertz CT molecular complexity index is 791. The van der Waals surface area contributed by atoms with Gasteiger partial charge >= 0.3 is 0 Å². The number of nitrogens with one attached hydrogen (secondary N) is 1. The van der Waals surface area contributed by atoms with Gasteiger partial charge in [-0.1, -0.05) is 0 Å². The fraction of sp³-hybridized carbons (Fsp3) is 0.316. The van der Waals surface area contributed by atoms with Crippen LogP contribution in [0.1, 0.15) is 10.4 Å². The average Bonchev–Trinajstić information content (AvgIpc) is 2.68. The van der Waals surface area contributed by atoms with E-state index in [4.69, 9.17) is 14.2 Å². The van der Waals surface area contributed by atoms with Gasteiger partial charge in [0, 0.05) is 24.7 Å². The number of anilines is 2. The summed E-state index contributed by atoms with van der Waals surface area (Å²) in [6.07, 6.45) is 0. The molecule has 1 N–H and O–H groups in total. The molecule has 0 aromatic heterocycles. The van der Waals surface area contributed by atoms with Crippen molar-refractivity contribution in [2.45, 2.75) is 0 Å². The SMILES string of the molecule is COc1ccc(N2CCOCC2)c(NC(=O)c2ccc(OC)c(Br)c2)c1. The van der Waals surface area contributed by atoms with E-state index >= 15 is 0 Å². The van der Waals surface area contributed by atoms with E-state index in [-0.39, 0.29) is 5.91 Å². The zero-order chi connectivity index (χ0) is 18.5. The second-order valence-electron chi connectivity index (χ2n) is 5.79.